The van der Waals surface area contributed by atoms with Gasteiger partial charge in [-0.1, -0.05) is 24.0 Å². The molecule has 0 aromatic heterocycles. The minimum atomic E-state index is -0.583. The minimum absolute atomic E-state index is 0.00262. The highest BCUT2D eigenvalue weighted by Crippen LogP contribution is 2.34. The summed E-state index contributed by atoms with van der Waals surface area (Å²) in [5.74, 6) is -0.617. The zero-order chi connectivity index (χ0) is 14.0. The number of carbonyl (C=O) groups excluding carboxylic acids is 1. The van der Waals surface area contributed by atoms with Gasteiger partial charge in [-0.25, -0.2) is 4.39 Å². The summed E-state index contributed by atoms with van der Waals surface area (Å²) in [6.07, 6.45) is 1.43. The van der Waals surface area contributed by atoms with Gasteiger partial charge in [0.25, 0.3) is 5.91 Å². The van der Waals surface area contributed by atoms with E-state index in [2.05, 4.69) is 5.32 Å². The molecule has 1 amide bonds. The lowest BCUT2D eigenvalue weighted by Gasteiger charge is -2.09. The van der Waals surface area contributed by atoms with Crippen LogP contribution in [0.4, 0.5) is 4.39 Å². The number of methoxy groups -OCH3 is 2. The number of carbonyl (C=O) groups is 1. The van der Waals surface area contributed by atoms with Crippen LogP contribution in [0, 0.1) is 5.82 Å². The Kier molecular flexibility index (Phi) is 4.06. The number of thiocarbonyl (C=S) groups is 1. The van der Waals surface area contributed by atoms with E-state index >= 15 is 0 Å². The molecule has 0 radical (unpaired) electrons. The molecule has 0 aliphatic carbocycles. The third kappa shape index (κ3) is 2.71. The molecule has 1 aliphatic rings. The summed E-state index contributed by atoms with van der Waals surface area (Å²) >= 11 is 5.96. The van der Waals surface area contributed by atoms with Gasteiger partial charge in [-0.15, -0.1) is 0 Å². The second-order valence-electron chi connectivity index (χ2n) is 3.56. The molecule has 1 heterocycles. The van der Waals surface area contributed by atoms with Crippen molar-refractivity contribution in [2.24, 2.45) is 0 Å². The Labute approximate surface area is 119 Å². The van der Waals surface area contributed by atoms with Gasteiger partial charge < -0.3 is 14.8 Å². The first-order chi connectivity index (χ1) is 9.06. The smallest absolute Gasteiger partial charge is 0.263 e. The first-order valence-electron chi connectivity index (χ1n) is 5.22. The van der Waals surface area contributed by atoms with Crippen molar-refractivity contribution in [3.63, 3.8) is 0 Å². The molecule has 2 rings (SSSR count). The highest BCUT2D eigenvalue weighted by molar-refractivity contribution is 8.26. The van der Waals surface area contributed by atoms with Crippen molar-refractivity contribution in [2.75, 3.05) is 14.2 Å². The van der Waals surface area contributed by atoms with Crippen LogP contribution in [0.2, 0.25) is 0 Å². The predicted octanol–water partition coefficient (Wildman–Crippen LogP) is 2.33. The Bertz CT molecular complexity index is 587. The van der Waals surface area contributed by atoms with E-state index in [1.165, 1.54) is 26.4 Å². The van der Waals surface area contributed by atoms with E-state index in [4.69, 9.17) is 21.7 Å². The molecule has 1 aliphatic heterocycles. The summed E-state index contributed by atoms with van der Waals surface area (Å²) in [5, 5.41) is 2.47. The van der Waals surface area contributed by atoms with Crippen LogP contribution in [0.25, 0.3) is 6.08 Å². The molecule has 0 spiro atoms. The first kappa shape index (κ1) is 13.8. The van der Waals surface area contributed by atoms with Crippen LogP contribution in [0.1, 0.15) is 5.56 Å². The average Bonchev–Trinajstić information content (AvgIpc) is 2.70. The first-order valence-corrected chi connectivity index (χ1v) is 6.44. The van der Waals surface area contributed by atoms with Crippen LogP contribution in [0.15, 0.2) is 17.0 Å². The summed E-state index contributed by atoms with van der Waals surface area (Å²) in [6.45, 7) is 0. The van der Waals surface area contributed by atoms with Gasteiger partial charge in [-0.2, -0.15) is 0 Å². The average molecular weight is 299 g/mol. The van der Waals surface area contributed by atoms with Crippen LogP contribution in [-0.4, -0.2) is 24.4 Å². The zero-order valence-corrected chi connectivity index (χ0v) is 11.8. The van der Waals surface area contributed by atoms with Crippen molar-refractivity contribution < 1.29 is 18.7 Å². The molecule has 0 bridgehead atoms. The molecule has 0 unspecified atom stereocenters. The number of nitrogens with one attached hydrogen (secondary N) is 1. The number of halogens is 1. The van der Waals surface area contributed by atoms with E-state index in [-0.39, 0.29) is 17.2 Å². The Morgan fingerprint density at radius 1 is 1.37 bits per heavy atom. The van der Waals surface area contributed by atoms with Crippen molar-refractivity contribution in [3.8, 4) is 11.5 Å². The number of hydrogen-bond donors (Lipinski definition) is 1. The van der Waals surface area contributed by atoms with Crippen molar-refractivity contribution in [1.82, 2.24) is 5.32 Å². The maximum absolute atomic E-state index is 14.2. The standard InChI is InChI=1S/C12H10FNO3S2/c1-16-7-4-3-6(9(13)10(7)17-2)5-8-11(15)14-12(18)19-8/h3-5H,1-2H3,(H,14,15,18). The predicted molar refractivity (Wildman–Crippen MR) is 75.8 cm³/mol. The van der Waals surface area contributed by atoms with Crippen molar-refractivity contribution in [3.05, 3.63) is 28.4 Å². The van der Waals surface area contributed by atoms with Gasteiger partial charge in [-0.05, 0) is 18.2 Å². The number of hydrogen-bond acceptors (Lipinski definition) is 5. The number of thioether (sulfide) groups is 1. The second-order valence-corrected chi connectivity index (χ2v) is 5.28. The van der Waals surface area contributed by atoms with Gasteiger partial charge in [0.05, 0.1) is 19.1 Å². The molecule has 0 atom stereocenters. The Balaban J connectivity index is 2.44. The van der Waals surface area contributed by atoms with E-state index in [0.29, 0.717) is 15.0 Å². The lowest BCUT2D eigenvalue weighted by Crippen LogP contribution is -2.17. The van der Waals surface area contributed by atoms with Crippen LogP contribution in [0.3, 0.4) is 0 Å². The van der Waals surface area contributed by atoms with Gasteiger partial charge in [0, 0.05) is 5.56 Å². The molecular weight excluding hydrogens is 289 g/mol. The van der Waals surface area contributed by atoms with Gasteiger partial charge >= 0.3 is 0 Å². The van der Waals surface area contributed by atoms with Crippen molar-refractivity contribution in [2.45, 2.75) is 0 Å². The molecule has 1 aromatic carbocycles. The molecule has 1 fully saturated rings. The number of rotatable bonds is 3. The van der Waals surface area contributed by atoms with Crippen LogP contribution < -0.4 is 14.8 Å². The molecule has 100 valence electrons. The summed E-state index contributed by atoms with van der Waals surface area (Å²) in [5.41, 5.74) is 0.236. The number of benzene rings is 1. The molecule has 0 saturated carbocycles. The summed E-state index contributed by atoms with van der Waals surface area (Å²) in [6, 6.07) is 3.09. The SMILES string of the molecule is COc1ccc(C=C2SC(=S)NC2=O)c(F)c1OC. The molecule has 1 N–H and O–H groups in total. The molecule has 1 saturated heterocycles. The monoisotopic (exact) mass is 299 g/mol. The summed E-state index contributed by atoms with van der Waals surface area (Å²) in [7, 11) is 2.78. The van der Waals surface area contributed by atoms with E-state index in [1.54, 1.807) is 6.07 Å². The Morgan fingerprint density at radius 2 is 2.11 bits per heavy atom. The van der Waals surface area contributed by atoms with Gasteiger partial charge in [0.2, 0.25) is 0 Å². The zero-order valence-electron chi connectivity index (χ0n) is 10.2. The van der Waals surface area contributed by atoms with Crippen molar-refractivity contribution in [1.29, 1.82) is 0 Å². The Morgan fingerprint density at radius 3 is 2.63 bits per heavy atom. The quantitative estimate of drug-likeness (QED) is 0.685. The van der Waals surface area contributed by atoms with E-state index < -0.39 is 5.82 Å². The lowest BCUT2D eigenvalue weighted by molar-refractivity contribution is -0.115. The summed E-state index contributed by atoms with van der Waals surface area (Å²) < 4.78 is 24.5. The van der Waals surface area contributed by atoms with E-state index in [0.717, 1.165) is 11.8 Å². The fourth-order valence-electron chi connectivity index (χ4n) is 1.58. The molecule has 7 heteroatoms. The summed E-state index contributed by atoms with van der Waals surface area (Å²) in [4.78, 5) is 11.9. The van der Waals surface area contributed by atoms with E-state index in [1.807, 2.05) is 0 Å². The fraction of sp³-hybridized carbons (Fsp3) is 0.167. The maximum atomic E-state index is 14.2. The molecular formula is C12H10FNO3S2. The Hall–Kier alpha value is -1.60. The highest BCUT2D eigenvalue weighted by Gasteiger charge is 2.23. The van der Waals surface area contributed by atoms with Crippen LogP contribution in [0.5, 0.6) is 11.5 Å². The number of ether oxygens (including phenoxy) is 2. The molecule has 19 heavy (non-hydrogen) atoms. The largest absolute Gasteiger partial charge is 0.493 e. The fourth-order valence-corrected chi connectivity index (χ4v) is 2.61. The number of amides is 1. The van der Waals surface area contributed by atoms with E-state index in [9.17, 15) is 9.18 Å². The van der Waals surface area contributed by atoms with Crippen LogP contribution in [-0.2, 0) is 4.79 Å². The van der Waals surface area contributed by atoms with Gasteiger partial charge in [-0.3, -0.25) is 4.79 Å². The van der Waals surface area contributed by atoms with Crippen LogP contribution >= 0.6 is 24.0 Å². The third-order valence-electron chi connectivity index (χ3n) is 2.44. The topological polar surface area (TPSA) is 47.6 Å². The minimum Gasteiger partial charge on any atom is -0.493 e. The maximum Gasteiger partial charge on any atom is 0.263 e. The molecule has 1 aromatic rings. The second kappa shape index (κ2) is 5.58. The van der Waals surface area contributed by atoms with Gasteiger partial charge in [0.1, 0.15) is 4.32 Å². The molecule has 4 nitrogen and oxygen atoms in total. The third-order valence-corrected chi connectivity index (χ3v) is 3.61. The van der Waals surface area contributed by atoms with Crippen molar-refractivity contribution >= 4 is 40.3 Å². The highest BCUT2D eigenvalue weighted by atomic mass is 32.2. The van der Waals surface area contributed by atoms with Gasteiger partial charge in [0.15, 0.2) is 17.3 Å². The normalized spacial score (nSPS) is 16.7. The lowest BCUT2D eigenvalue weighted by atomic mass is 10.1.